The summed E-state index contributed by atoms with van der Waals surface area (Å²) in [5, 5.41) is 19.4. The van der Waals surface area contributed by atoms with Gasteiger partial charge in [-0.05, 0) is 32.1 Å². The second-order valence-corrected chi connectivity index (χ2v) is 10.3. The fourth-order valence-corrected chi connectivity index (χ4v) is 4.13. The lowest BCUT2D eigenvalue weighted by molar-refractivity contribution is -0.0182. The van der Waals surface area contributed by atoms with E-state index in [-0.39, 0.29) is 0 Å². The molecular weight excluding hydrogens is 427 g/mol. The van der Waals surface area contributed by atoms with Gasteiger partial charge in [-0.2, -0.15) is 0 Å². The summed E-state index contributed by atoms with van der Waals surface area (Å²) in [6, 6.07) is 0. The summed E-state index contributed by atoms with van der Waals surface area (Å²) >= 11 is 0. The second-order valence-electron chi connectivity index (χ2n) is 9.06. The lowest BCUT2D eigenvalue weighted by Crippen LogP contribution is -2.30. The molecule has 0 bridgehead atoms. The molecule has 7 heteroatoms. The topological polar surface area (TPSA) is 107 Å². The van der Waals surface area contributed by atoms with Crippen LogP contribution in [0.4, 0.5) is 0 Å². The highest BCUT2D eigenvalue weighted by Gasteiger charge is 2.21. The largest absolute Gasteiger partial charge is 0.469 e. The third-order valence-corrected chi connectivity index (χ3v) is 6.35. The van der Waals surface area contributed by atoms with Crippen LogP contribution in [0.2, 0.25) is 0 Å². The monoisotopic (exact) mass is 478 g/mol. The first-order valence-corrected chi connectivity index (χ1v) is 14.6. The maximum absolute atomic E-state index is 10.6. The Morgan fingerprint density at radius 3 is 1.50 bits per heavy atom. The molecule has 2 unspecified atom stereocenters. The lowest BCUT2D eigenvalue weighted by atomic mass is 10.0. The SMILES string of the molecule is CCCCCCCC/C=C\CCCCCCCCCCCCC(O)C(O)COP(=O)(O)O. The molecule has 0 rings (SSSR count). The minimum Gasteiger partial charge on any atom is -0.390 e. The quantitative estimate of drug-likeness (QED) is 0.0690. The van der Waals surface area contributed by atoms with Gasteiger partial charge in [-0.3, -0.25) is 4.52 Å². The number of phosphoric ester groups is 1. The lowest BCUT2D eigenvalue weighted by Gasteiger charge is -2.17. The average molecular weight is 479 g/mol. The molecule has 0 saturated carbocycles. The molecule has 0 aliphatic heterocycles. The molecule has 0 saturated heterocycles. The van der Waals surface area contributed by atoms with Gasteiger partial charge in [-0.15, -0.1) is 0 Å². The summed E-state index contributed by atoms with van der Waals surface area (Å²) in [5.74, 6) is 0. The van der Waals surface area contributed by atoms with E-state index in [0.717, 1.165) is 19.3 Å². The highest BCUT2D eigenvalue weighted by atomic mass is 31.2. The summed E-state index contributed by atoms with van der Waals surface area (Å²) in [7, 11) is -4.60. The van der Waals surface area contributed by atoms with Crippen LogP contribution >= 0.6 is 7.82 Å². The number of aliphatic hydroxyl groups excluding tert-OH is 2. The highest BCUT2D eigenvalue weighted by Crippen LogP contribution is 2.35. The van der Waals surface area contributed by atoms with Gasteiger partial charge in [0.25, 0.3) is 0 Å². The van der Waals surface area contributed by atoms with Crippen LogP contribution in [0.5, 0.6) is 0 Å². The molecule has 0 radical (unpaired) electrons. The molecular formula is C25H51O6P. The minimum atomic E-state index is -4.60. The Morgan fingerprint density at radius 2 is 1.06 bits per heavy atom. The van der Waals surface area contributed by atoms with E-state index in [1.807, 2.05) is 0 Å². The summed E-state index contributed by atoms with van der Waals surface area (Å²) in [4.78, 5) is 17.2. The van der Waals surface area contributed by atoms with Crippen molar-refractivity contribution in [2.24, 2.45) is 0 Å². The molecule has 2 atom stereocenters. The van der Waals surface area contributed by atoms with E-state index >= 15 is 0 Å². The summed E-state index contributed by atoms with van der Waals surface area (Å²) in [6.07, 6.45) is 25.5. The zero-order chi connectivity index (χ0) is 23.9. The Morgan fingerprint density at radius 1 is 0.656 bits per heavy atom. The van der Waals surface area contributed by atoms with E-state index < -0.39 is 26.6 Å². The van der Waals surface area contributed by atoms with E-state index in [2.05, 4.69) is 23.6 Å². The van der Waals surface area contributed by atoms with Crippen LogP contribution in [0, 0.1) is 0 Å². The molecule has 0 aromatic carbocycles. The van der Waals surface area contributed by atoms with Gasteiger partial charge >= 0.3 is 7.82 Å². The van der Waals surface area contributed by atoms with Gasteiger partial charge in [0, 0.05) is 0 Å². The number of rotatable bonds is 24. The van der Waals surface area contributed by atoms with Gasteiger partial charge in [0.2, 0.25) is 0 Å². The number of aliphatic hydroxyl groups is 2. The van der Waals surface area contributed by atoms with E-state index in [4.69, 9.17) is 9.79 Å². The summed E-state index contributed by atoms with van der Waals surface area (Å²) in [6.45, 7) is 1.71. The maximum Gasteiger partial charge on any atom is 0.469 e. The van der Waals surface area contributed by atoms with Gasteiger partial charge < -0.3 is 20.0 Å². The van der Waals surface area contributed by atoms with Gasteiger partial charge in [-0.25, -0.2) is 4.57 Å². The first-order valence-electron chi connectivity index (χ1n) is 13.1. The third-order valence-electron chi connectivity index (χ3n) is 5.87. The van der Waals surface area contributed by atoms with E-state index in [1.165, 1.54) is 96.3 Å². The van der Waals surface area contributed by atoms with Crippen molar-refractivity contribution in [2.45, 2.75) is 141 Å². The van der Waals surface area contributed by atoms with Gasteiger partial charge in [0.1, 0.15) is 6.10 Å². The van der Waals surface area contributed by atoms with Crippen molar-refractivity contribution >= 4 is 7.82 Å². The van der Waals surface area contributed by atoms with Crippen LogP contribution in [-0.4, -0.2) is 38.8 Å². The number of hydrogen-bond acceptors (Lipinski definition) is 4. The Balaban J connectivity index is 3.29. The Kier molecular flexibility index (Phi) is 22.4. The second kappa shape index (κ2) is 22.6. The molecule has 4 N–H and O–H groups in total. The molecule has 192 valence electrons. The van der Waals surface area contributed by atoms with Crippen molar-refractivity contribution < 1.29 is 29.1 Å². The molecule has 0 spiro atoms. The van der Waals surface area contributed by atoms with Gasteiger partial charge in [0.15, 0.2) is 0 Å². The van der Waals surface area contributed by atoms with Crippen molar-refractivity contribution in [1.29, 1.82) is 0 Å². The van der Waals surface area contributed by atoms with Crippen LogP contribution in [0.1, 0.15) is 129 Å². The molecule has 0 amide bonds. The normalized spacial score (nSPS) is 14.3. The molecule has 32 heavy (non-hydrogen) atoms. The highest BCUT2D eigenvalue weighted by molar-refractivity contribution is 7.46. The zero-order valence-corrected chi connectivity index (χ0v) is 21.4. The fraction of sp³-hybridized carbons (Fsp3) is 0.920. The maximum atomic E-state index is 10.6. The molecule has 0 aromatic heterocycles. The Labute approximate surface area is 197 Å². The predicted octanol–water partition coefficient (Wildman–Crippen LogP) is 6.81. The van der Waals surface area contributed by atoms with Crippen LogP contribution in [0.25, 0.3) is 0 Å². The molecule has 0 aromatic rings. The first-order chi connectivity index (χ1) is 15.4. The Hall–Kier alpha value is -0.230. The van der Waals surface area contributed by atoms with Crippen LogP contribution in [0.15, 0.2) is 12.2 Å². The first kappa shape index (κ1) is 31.8. The summed E-state index contributed by atoms with van der Waals surface area (Å²) < 4.78 is 14.8. The van der Waals surface area contributed by atoms with E-state index in [9.17, 15) is 14.8 Å². The summed E-state index contributed by atoms with van der Waals surface area (Å²) in [5.41, 5.74) is 0. The molecule has 0 aliphatic carbocycles. The standard InChI is InChI=1S/C25H51O6P/c1-2-3-4-5-6-7-8-9-10-11-12-13-14-15-16-17-18-19-20-21-22-24(26)25(27)23-31-32(28,29)30/h9-10,24-27H,2-8,11-23H2,1H3,(H2,28,29,30)/b10-9-. The fourth-order valence-electron chi connectivity index (χ4n) is 3.79. The number of phosphoric acid groups is 1. The molecule has 0 fully saturated rings. The van der Waals surface area contributed by atoms with Gasteiger partial charge in [0.05, 0.1) is 12.7 Å². The number of allylic oxidation sites excluding steroid dienone is 2. The molecule has 6 nitrogen and oxygen atoms in total. The van der Waals surface area contributed by atoms with Crippen molar-refractivity contribution in [3.05, 3.63) is 12.2 Å². The van der Waals surface area contributed by atoms with E-state index in [0.29, 0.717) is 6.42 Å². The van der Waals surface area contributed by atoms with Crippen molar-refractivity contribution in [1.82, 2.24) is 0 Å². The van der Waals surface area contributed by atoms with Crippen LogP contribution < -0.4 is 0 Å². The average Bonchev–Trinajstić information content (AvgIpc) is 2.75. The van der Waals surface area contributed by atoms with E-state index in [1.54, 1.807) is 0 Å². The molecule has 0 heterocycles. The number of unbranched alkanes of at least 4 members (excludes halogenated alkanes) is 16. The minimum absolute atomic E-state index is 0.416. The third kappa shape index (κ3) is 24.4. The molecule has 0 aliphatic rings. The number of hydrogen-bond donors (Lipinski definition) is 4. The van der Waals surface area contributed by atoms with Crippen molar-refractivity contribution in [3.8, 4) is 0 Å². The van der Waals surface area contributed by atoms with Crippen molar-refractivity contribution in [2.75, 3.05) is 6.61 Å². The van der Waals surface area contributed by atoms with Crippen LogP contribution in [-0.2, 0) is 9.09 Å². The predicted molar refractivity (Wildman–Crippen MR) is 133 cm³/mol. The smallest absolute Gasteiger partial charge is 0.390 e. The zero-order valence-electron chi connectivity index (χ0n) is 20.5. The van der Waals surface area contributed by atoms with Crippen molar-refractivity contribution in [3.63, 3.8) is 0 Å². The Bertz CT molecular complexity index is 465. The van der Waals surface area contributed by atoms with Crippen LogP contribution in [0.3, 0.4) is 0 Å². The van der Waals surface area contributed by atoms with Gasteiger partial charge in [-0.1, -0.05) is 109 Å².